The number of benzene rings is 2. The normalized spacial score (nSPS) is 13.1. The van der Waals surface area contributed by atoms with E-state index >= 15 is 0 Å². The average molecular weight is 1080 g/mol. The van der Waals surface area contributed by atoms with Gasteiger partial charge in [-0.15, -0.1) is 0 Å². The zero-order chi connectivity index (χ0) is 55.4. The number of unbranched alkanes of at least 4 members (excludes halogenated alkanes) is 21. The summed E-state index contributed by atoms with van der Waals surface area (Å²) in [6, 6.07) is 22.2. The van der Waals surface area contributed by atoms with E-state index in [1.54, 1.807) is 11.9 Å². The van der Waals surface area contributed by atoms with Crippen LogP contribution in [-0.2, 0) is 28.3 Å². The van der Waals surface area contributed by atoms with Crippen LogP contribution in [0.15, 0.2) is 60.7 Å². The van der Waals surface area contributed by atoms with E-state index in [1.165, 1.54) is 126 Å². The summed E-state index contributed by atoms with van der Waals surface area (Å²) in [5.74, 6) is 0.233. The Labute approximate surface area is 469 Å². The predicted octanol–water partition coefficient (Wildman–Crippen LogP) is 17.0. The number of carbonyl (C=O) groups excluding carboxylic acids is 3. The molecule has 9 heteroatoms. The summed E-state index contributed by atoms with van der Waals surface area (Å²) in [5, 5.41) is 6.53. The first kappa shape index (κ1) is 69.1. The van der Waals surface area contributed by atoms with Crippen LogP contribution in [0.2, 0.25) is 5.04 Å². The molecule has 2 rings (SSSR count). The van der Waals surface area contributed by atoms with E-state index in [-0.39, 0.29) is 35.3 Å². The molecule has 0 spiro atoms. The summed E-state index contributed by atoms with van der Waals surface area (Å²) in [7, 11) is -0.808. The second-order valence-corrected chi connectivity index (χ2v) is 28.1. The monoisotopic (exact) mass is 1070 g/mol. The van der Waals surface area contributed by atoms with Crippen LogP contribution in [-0.4, -0.2) is 77.1 Å². The Morgan fingerprint density at radius 1 is 0.500 bits per heavy atom. The van der Waals surface area contributed by atoms with Gasteiger partial charge in [0, 0.05) is 26.1 Å². The first-order chi connectivity index (χ1) is 36.9. The SMILES string of the molecule is CCCCCCCCC(CCCCCC)CC(=O)N(C)CC(=O)OCCCCCC(CCCCCOC(=O)C(CCCCCC)CCCCCCCC)NCCCCO[Si](c1ccccc1)(c1ccccc1)C(C)(C)C. The number of rotatable bonds is 50. The van der Waals surface area contributed by atoms with Crippen LogP contribution >= 0.6 is 0 Å². The Balaban J connectivity index is 1.92. The largest absolute Gasteiger partial charge is 0.465 e. The Morgan fingerprint density at radius 2 is 0.908 bits per heavy atom. The van der Waals surface area contributed by atoms with Gasteiger partial charge in [-0.25, -0.2) is 0 Å². The Bertz CT molecular complexity index is 1650. The minimum atomic E-state index is -2.57. The number of carbonyl (C=O) groups is 3. The Hall–Kier alpha value is -3.01. The van der Waals surface area contributed by atoms with Gasteiger partial charge in [0.15, 0.2) is 0 Å². The number of likely N-dealkylation sites (N-methyl/N-ethyl adjacent to an activating group) is 1. The van der Waals surface area contributed by atoms with Crippen molar-refractivity contribution < 1.29 is 28.3 Å². The van der Waals surface area contributed by atoms with Gasteiger partial charge in [0.1, 0.15) is 6.54 Å². The molecular formula is C67H118N2O6Si. The van der Waals surface area contributed by atoms with Gasteiger partial charge in [0.2, 0.25) is 5.91 Å². The lowest BCUT2D eigenvalue weighted by atomic mass is 9.91. The molecule has 0 saturated carbocycles. The number of nitrogens with zero attached hydrogens (tertiary/aromatic N) is 1. The van der Waals surface area contributed by atoms with Gasteiger partial charge >= 0.3 is 11.9 Å². The molecule has 0 aliphatic rings. The van der Waals surface area contributed by atoms with Crippen molar-refractivity contribution in [3.63, 3.8) is 0 Å². The van der Waals surface area contributed by atoms with Gasteiger partial charge in [-0.05, 0) is 92.1 Å². The van der Waals surface area contributed by atoms with Crippen LogP contribution in [0.5, 0.6) is 0 Å². The van der Waals surface area contributed by atoms with Gasteiger partial charge in [-0.1, -0.05) is 263 Å². The van der Waals surface area contributed by atoms with Gasteiger partial charge in [0.05, 0.1) is 19.1 Å². The highest BCUT2D eigenvalue weighted by Gasteiger charge is 2.50. The standard InChI is InChI=1S/C67H118N2O6Si/c1-9-13-17-21-23-30-44-59(43-29-19-15-11-3)57-64(70)69(8)58-65(71)73-54-40-27-33-47-61(48-34-28-41-55-74-66(72)60(45-31-20-16-12-4)46-32-24-22-18-14-10-2)68-53-39-42-56-75-76(67(5,6)7,62-49-35-25-36-50-62)63-51-37-26-38-52-63/h25-26,35-38,49-52,59-61,68H,9-24,27-34,39-48,53-58H2,1-8H3. The molecule has 0 saturated heterocycles. The van der Waals surface area contributed by atoms with E-state index in [9.17, 15) is 14.4 Å². The fourth-order valence-corrected chi connectivity index (χ4v) is 15.8. The van der Waals surface area contributed by atoms with Crippen LogP contribution in [0.25, 0.3) is 0 Å². The molecule has 0 aliphatic carbocycles. The van der Waals surface area contributed by atoms with Crippen molar-refractivity contribution in [2.45, 2.75) is 284 Å². The minimum Gasteiger partial charge on any atom is -0.465 e. The van der Waals surface area contributed by atoms with Crippen molar-refractivity contribution in [1.82, 2.24) is 10.2 Å². The number of nitrogens with one attached hydrogen (secondary N) is 1. The lowest BCUT2D eigenvalue weighted by molar-refractivity contribution is -0.149. The third-order valence-corrected chi connectivity index (χ3v) is 21.0. The lowest BCUT2D eigenvalue weighted by Crippen LogP contribution is -2.66. The molecule has 0 fully saturated rings. The molecule has 76 heavy (non-hydrogen) atoms. The highest BCUT2D eigenvalue weighted by molar-refractivity contribution is 6.99. The highest BCUT2D eigenvalue weighted by atomic mass is 28.4. The van der Waals surface area contributed by atoms with Gasteiger partial charge < -0.3 is 24.1 Å². The molecular weight excluding hydrogens is 957 g/mol. The maximum absolute atomic E-state index is 13.3. The van der Waals surface area contributed by atoms with Crippen LogP contribution < -0.4 is 15.7 Å². The van der Waals surface area contributed by atoms with Crippen molar-refractivity contribution in [1.29, 1.82) is 0 Å². The van der Waals surface area contributed by atoms with Crippen LogP contribution in [0.4, 0.5) is 0 Å². The van der Waals surface area contributed by atoms with Gasteiger partial charge in [-0.2, -0.15) is 0 Å². The number of ether oxygens (including phenoxy) is 2. The molecule has 0 bridgehead atoms. The molecule has 8 nitrogen and oxygen atoms in total. The van der Waals surface area contributed by atoms with Crippen molar-refractivity contribution in [2.75, 3.05) is 40.0 Å². The van der Waals surface area contributed by atoms with Crippen molar-refractivity contribution >= 4 is 36.5 Å². The molecule has 0 radical (unpaired) electrons. The fourth-order valence-electron chi connectivity index (χ4n) is 11.2. The summed E-state index contributed by atoms with van der Waals surface area (Å²) in [6.07, 6.45) is 39.5. The second-order valence-electron chi connectivity index (χ2n) is 23.8. The molecule has 0 aliphatic heterocycles. The van der Waals surface area contributed by atoms with E-state index in [4.69, 9.17) is 13.9 Å². The zero-order valence-corrected chi connectivity index (χ0v) is 51.7. The van der Waals surface area contributed by atoms with Gasteiger partial charge in [0.25, 0.3) is 8.32 Å². The fraction of sp³-hybridized carbons (Fsp3) is 0.776. The quantitative estimate of drug-likeness (QED) is 0.0401. The Kier molecular flexibility index (Phi) is 40.7. The summed E-state index contributed by atoms with van der Waals surface area (Å²) in [6.45, 7) is 18.6. The van der Waals surface area contributed by atoms with Crippen molar-refractivity contribution in [2.24, 2.45) is 11.8 Å². The molecule has 0 aromatic heterocycles. The first-order valence-corrected chi connectivity index (χ1v) is 33.9. The van der Waals surface area contributed by atoms with Crippen LogP contribution in [0, 0.1) is 11.8 Å². The number of hydrogen-bond acceptors (Lipinski definition) is 7. The number of esters is 2. The highest BCUT2D eigenvalue weighted by Crippen LogP contribution is 2.37. The molecule has 2 aromatic carbocycles. The summed E-state index contributed by atoms with van der Waals surface area (Å²) in [5.41, 5.74) is 0. The summed E-state index contributed by atoms with van der Waals surface area (Å²) < 4.78 is 18.9. The van der Waals surface area contributed by atoms with Crippen LogP contribution in [0.3, 0.4) is 0 Å². The van der Waals surface area contributed by atoms with Crippen molar-refractivity contribution in [3.05, 3.63) is 60.7 Å². The first-order valence-electron chi connectivity index (χ1n) is 32.0. The molecule has 2 aromatic rings. The third-order valence-electron chi connectivity index (χ3n) is 16.0. The number of hydrogen-bond donors (Lipinski definition) is 1. The van der Waals surface area contributed by atoms with E-state index in [2.05, 4.69) is 114 Å². The van der Waals surface area contributed by atoms with E-state index in [0.29, 0.717) is 31.6 Å². The Morgan fingerprint density at radius 3 is 1.39 bits per heavy atom. The van der Waals surface area contributed by atoms with Gasteiger partial charge in [-0.3, -0.25) is 14.4 Å². The zero-order valence-electron chi connectivity index (χ0n) is 50.7. The van der Waals surface area contributed by atoms with Crippen molar-refractivity contribution in [3.8, 4) is 0 Å². The summed E-state index contributed by atoms with van der Waals surface area (Å²) >= 11 is 0. The average Bonchev–Trinajstić information content (AvgIpc) is 3.42. The predicted molar refractivity (Wildman–Crippen MR) is 326 cm³/mol. The third kappa shape index (κ3) is 31.0. The second kappa shape index (κ2) is 44.8. The molecule has 1 N–H and O–H groups in total. The van der Waals surface area contributed by atoms with E-state index < -0.39 is 8.32 Å². The van der Waals surface area contributed by atoms with Crippen LogP contribution in [0.1, 0.15) is 273 Å². The molecule has 436 valence electrons. The topological polar surface area (TPSA) is 94.2 Å². The smallest absolute Gasteiger partial charge is 0.325 e. The summed E-state index contributed by atoms with van der Waals surface area (Å²) in [4.78, 5) is 41.1. The molecule has 0 heterocycles. The van der Waals surface area contributed by atoms with E-state index in [1.807, 2.05) is 0 Å². The van der Waals surface area contributed by atoms with E-state index in [0.717, 1.165) is 116 Å². The minimum absolute atomic E-state index is 0.0192. The lowest BCUT2D eigenvalue weighted by Gasteiger charge is -2.43. The molecule has 3 atom stereocenters. The number of amides is 1. The molecule has 3 unspecified atom stereocenters. The molecule has 1 amide bonds. The maximum Gasteiger partial charge on any atom is 0.325 e. The maximum atomic E-state index is 13.3.